The number of quaternary nitrogens is 2. The number of benzene rings is 1. The van der Waals surface area contributed by atoms with E-state index in [0.29, 0.717) is 18.0 Å². The predicted octanol–water partition coefficient (Wildman–Crippen LogP) is -2.04. The summed E-state index contributed by atoms with van der Waals surface area (Å²) in [6.07, 6.45) is 0. The molecule has 0 aromatic heterocycles. The summed E-state index contributed by atoms with van der Waals surface area (Å²) in [6, 6.07) is 7.20. The lowest BCUT2D eigenvalue weighted by atomic mass is 10.0. The number of nitrogens with one attached hydrogen (secondary N) is 4. The van der Waals surface area contributed by atoms with Crippen molar-refractivity contribution in [2.75, 3.05) is 65.4 Å². The second-order valence-electron chi connectivity index (χ2n) is 7.97. The van der Waals surface area contributed by atoms with Gasteiger partial charge in [0.2, 0.25) is 0 Å². The molecule has 1 atom stereocenters. The Morgan fingerprint density at radius 2 is 1.89 bits per heavy atom. The van der Waals surface area contributed by atoms with Crippen molar-refractivity contribution >= 4 is 17.5 Å². The molecule has 1 fully saturated rings. The van der Waals surface area contributed by atoms with Crippen molar-refractivity contribution in [1.29, 1.82) is 0 Å². The standard InChI is InChI=1S/C20H32N4O4/c1-20(2,24-8-10-28-11-9-24)15-21-18(25)13-23(3)14-19(26)22-16-6-5-7-17(12-16)27-4/h5-7,12H,8-11,13-15H2,1-4H3,(H,21,25)(H,22,26)/p+2. The molecular formula is C20H34N4O4+2. The molecule has 156 valence electrons. The molecule has 8 heteroatoms. The van der Waals surface area contributed by atoms with Crippen LogP contribution >= 0.6 is 0 Å². The van der Waals surface area contributed by atoms with E-state index in [4.69, 9.17) is 9.47 Å². The average Bonchev–Trinajstić information content (AvgIpc) is 2.67. The molecule has 4 N–H and O–H groups in total. The zero-order valence-electron chi connectivity index (χ0n) is 17.4. The smallest absolute Gasteiger partial charge is 0.279 e. The molecule has 8 nitrogen and oxygen atoms in total. The summed E-state index contributed by atoms with van der Waals surface area (Å²) < 4.78 is 10.6. The van der Waals surface area contributed by atoms with Gasteiger partial charge in [-0.2, -0.15) is 0 Å². The van der Waals surface area contributed by atoms with Gasteiger partial charge in [0.05, 0.1) is 33.9 Å². The highest BCUT2D eigenvalue weighted by Gasteiger charge is 2.32. The molecule has 1 aromatic rings. The van der Waals surface area contributed by atoms with Crippen LogP contribution in [0.5, 0.6) is 5.75 Å². The summed E-state index contributed by atoms with van der Waals surface area (Å²) in [5.41, 5.74) is 0.633. The summed E-state index contributed by atoms with van der Waals surface area (Å²) in [7, 11) is 3.42. The predicted molar refractivity (Wildman–Crippen MR) is 107 cm³/mol. The summed E-state index contributed by atoms with van der Waals surface area (Å²) in [6.45, 7) is 8.83. The molecule has 2 rings (SSSR count). The van der Waals surface area contributed by atoms with Gasteiger partial charge in [0.1, 0.15) is 24.4 Å². The van der Waals surface area contributed by atoms with Gasteiger partial charge in [-0.1, -0.05) is 6.07 Å². The monoisotopic (exact) mass is 394 g/mol. The minimum absolute atomic E-state index is 0.0446. The number of hydrogen-bond donors (Lipinski definition) is 4. The number of ether oxygens (including phenoxy) is 2. The van der Waals surface area contributed by atoms with Gasteiger partial charge in [-0.15, -0.1) is 0 Å². The van der Waals surface area contributed by atoms with Crippen molar-refractivity contribution in [3.8, 4) is 5.75 Å². The number of carbonyl (C=O) groups is 2. The van der Waals surface area contributed by atoms with Gasteiger partial charge in [0, 0.05) is 11.8 Å². The lowest BCUT2D eigenvalue weighted by Gasteiger charge is -2.37. The number of hydrogen-bond acceptors (Lipinski definition) is 4. The number of methoxy groups -OCH3 is 1. The normalized spacial score (nSPS) is 16.3. The minimum atomic E-state index is -0.142. The van der Waals surface area contributed by atoms with Crippen LogP contribution in [0.4, 0.5) is 5.69 Å². The lowest BCUT2D eigenvalue weighted by Crippen LogP contribution is -3.22. The van der Waals surface area contributed by atoms with Crippen LogP contribution in [0.3, 0.4) is 0 Å². The molecular weight excluding hydrogens is 360 g/mol. The molecule has 1 aliphatic rings. The van der Waals surface area contributed by atoms with E-state index < -0.39 is 0 Å². The molecule has 0 aliphatic carbocycles. The van der Waals surface area contributed by atoms with Crippen LogP contribution in [0.1, 0.15) is 13.8 Å². The first-order chi connectivity index (χ1) is 13.3. The fourth-order valence-corrected chi connectivity index (χ4v) is 3.32. The van der Waals surface area contributed by atoms with Gasteiger partial charge in [0.15, 0.2) is 13.1 Å². The Balaban J connectivity index is 1.73. The van der Waals surface area contributed by atoms with Crippen LogP contribution in [0.25, 0.3) is 0 Å². The van der Waals surface area contributed by atoms with Crippen molar-refractivity contribution in [2.24, 2.45) is 0 Å². The third-order valence-corrected chi connectivity index (χ3v) is 5.06. The van der Waals surface area contributed by atoms with Crippen molar-refractivity contribution in [3.05, 3.63) is 24.3 Å². The summed E-state index contributed by atoms with van der Waals surface area (Å²) in [4.78, 5) is 26.8. The van der Waals surface area contributed by atoms with Crippen molar-refractivity contribution in [1.82, 2.24) is 5.32 Å². The van der Waals surface area contributed by atoms with E-state index in [0.717, 1.165) is 31.2 Å². The molecule has 2 amide bonds. The quantitative estimate of drug-likeness (QED) is 0.389. The maximum absolute atomic E-state index is 12.3. The zero-order valence-corrected chi connectivity index (χ0v) is 17.4. The molecule has 1 aliphatic heterocycles. The number of anilines is 1. The Morgan fingerprint density at radius 3 is 2.57 bits per heavy atom. The van der Waals surface area contributed by atoms with E-state index in [1.807, 2.05) is 19.2 Å². The fraction of sp³-hybridized carbons (Fsp3) is 0.600. The van der Waals surface area contributed by atoms with Gasteiger partial charge >= 0.3 is 0 Å². The van der Waals surface area contributed by atoms with Crippen LogP contribution in [0, 0.1) is 0 Å². The van der Waals surface area contributed by atoms with Crippen molar-refractivity contribution < 1.29 is 28.9 Å². The molecule has 0 bridgehead atoms. The Hall–Kier alpha value is -2.16. The largest absolute Gasteiger partial charge is 0.497 e. The molecule has 28 heavy (non-hydrogen) atoms. The molecule has 1 aromatic carbocycles. The van der Waals surface area contributed by atoms with Gasteiger partial charge in [-0.05, 0) is 26.0 Å². The first-order valence-corrected chi connectivity index (χ1v) is 9.75. The number of amides is 2. The van der Waals surface area contributed by atoms with Crippen LogP contribution in [0.15, 0.2) is 24.3 Å². The number of rotatable bonds is 9. The van der Waals surface area contributed by atoms with E-state index in [1.165, 1.54) is 4.90 Å². The summed E-state index contributed by atoms with van der Waals surface area (Å²) in [5.74, 6) is 0.493. The third kappa shape index (κ3) is 7.10. The SMILES string of the molecule is COc1cccc(NC(=O)C[NH+](C)CC(=O)NCC(C)(C)[NH+]2CCOCC2)c1. The van der Waals surface area contributed by atoms with E-state index in [1.54, 1.807) is 19.2 Å². The molecule has 0 saturated carbocycles. The Morgan fingerprint density at radius 1 is 1.21 bits per heavy atom. The molecule has 1 unspecified atom stereocenters. The van der Waals surface area contributed by atoms with Gasteiger partial charge < -0.3 is 29.9 Å². The second-order valence-corrected chi connectivity index (χ2v) is 7.97. The number of morpholine rings is 1. The highest BCUT2D eigenvalue weighted by atomic mass is 16.5. The first-order valence-electron chi connectivity index (χ1n) is 9.75. The maximum Gasteiger partial charge on any atom is 0.279 e. The topological polar surface area (TPSA) is 85.5 Å². The van der Waals surface area contributed by atoms with Crippen molar-refractivity contribution in [2.45, 2.75) is 19.4 Å². The van der Waals surface area contributed by atoms with Crippen LogP contribution in [0.2, 0.25) is 0 Å². The van der Waals surface area contributed by atoms with E-state index in [2.05, 4.69) is 24.5 Å². The molecule has 1 saturated heterocycles. The van der Waals surface area contributed by atoms with Gasteiger partial charge in [0.25, 0.3) is 11.8 Å². The number of likely N-dealkylation sites (N-methyl/N-ethyl adjacent to an activating group) is 1. The van der Waals surface area contributed by atoms with Crippen molar-refractivity contribution in [3.63, 3.8) is 0 Å². The second kappa shape index (κ2) is 10.4. The zero-order chi connectivity index (χ0) is 20.6. The van der Waals surface area contributed by atoms with E-state index in [-0.39, 0.29) is 30.4 Å². The van der Waals surface area contributed by atoms with Gasteiger partial charge in [-0.25, -0.2) is 0 Å². The summed E-state index contributed by atoms with van der Waals surface area (Å²) in [5, 5.41) is 5.85. The Labute approximate surface area is 167 Å². The van der Waals surface area contributed by atoms with Gasteiger partial charge in [-0.3, -0.25) is 9.59 Å². The highest BCUT2D eigenvalue weighted by Crippen LogP contribution is 2.16. The highest BCUT2D eigenvalue weighted by molar-refractivity contribution is 5.91. The van der Waals surface area contributed by atoms with E-state index >= 15 is 0 Å². The van der Waals surface area contributed by atoms with E-state index in [9.17, 15) is 9.59 Å². The first kappa shape index (κ1) is 22.1. The lowest BCUT2D eigenvalue weighted by molar-refractivity contribution is -0.954. The Kier molecular flexibility index (Phi) is 8.22. The summed E-state index contributed by atoms with van der Waals surface area (Å²) >= 11 is 0. The molecule has 0 spiro atoms. The minimum Gasteiger partial charge on any atom is -0.497 e. The fourth-order valence-electron chi connectivity index (χ4n) is 3.32. The molecule has 0 radical (unpaired) electrons. The Bertz CT molecular complexity index is 659. The third-order valence-electron chi connectivity index (χ3n) is 5.06. The van der Waals surface area contributed by atoms with Crippen LogP contribution in [-0.2, 0) is 14.3 Å². The number of carbonyl (C=O) groups excluding carboxylic acids is 2. The maximum atomic E-state index is 12.3. The average molecular weight is 395 g/mol. The van der Waals surface area contributed by atoms with Crippen LogP contribution < -0.4 is 25.2 Å². The molecule has 1 heterocycles. The van der Waals surface area contributed by atoms with Crippen LogP contribution in [-0.4, -0.2) is 77.4 Å².